The zero-order valence-corrected chi connectivity index (χ0v) is 16.0. The maximum absolute atomic E-state index is 12.6. The van der Waals surface area contributed by atoms with E-state index in [0.717, 1.165) is 18.5 Å². The van der Waals surface area contributed by atoms with Gasteiger partial charge in [0.25, 0.3) is 0 Å². The first-order chi connectivity index (χ1) is 12.3. The quantitative estimate of drug-likeness (QED) is 0.857. The van der Waals surface area contributed by atoms with Gasteiger partial charge in [0.05, 0.1) is 23.6 Å². The van der Waals surface area contributed by atoms with Crippen molar-refractivity contribution in [1.29, 1.82) is 0 Å². The Hall–Kier alpha value is -1.86. The summed E-state index contributed by atoms with van der Waals surface area (Å²) in [6.07, 6.45) is 1.39. The monoisotopic (exact) mass is 375 g/mol. The number of benzene rings is 1. The molecule has 2 N–H and O–H groups in total. The smallest absolute Gasteiger partial charge is 0.234 e. The van der Waals surface area contributed by atoms with E-state index in [1.165, 1.54) is 16.6 Å². The third-order valence-corrected chi connectivity index (χ3v) is 7.66. The Morgan fingerprint density at radius 2 is 2.15 bits per heavy atom. The number of aromatic nitrogens is 1. The molecule has 6 nitrogen and oxygen atoms in total. The summed E-state index contributed by atoms with van der Waals surface area (Å²) < 4.78 is 23.5. The average molecular weight is 375 g/mol. The number of hydrogen-bond donors (Lipinski definition) is 2. The molecular formula is C19H25N3O3S. The van der Waals surface area contributed by atoms with Gasteiger partial charge in [0, 0.05) is 29.2 Å². The zero-order chi connectivity index (χ0) is 18.5. The van der Waals surface area contributed by atoms with Gasteiger partial charge in [-0.1, -0.05) is 18.2 Å². The molecule has 0 spiro atoms. The molecule has 140 valence electrons. The molecule has 2 aliphatic heterocycles. The lowest BCUT2D eigenvalue weighted by atomic mass is 9.98. The number of nitrogens with zero attached hydrogens (tertiary/aromatic N) is 1. The van der Waals surface area contributed by atoms with Gasteiger partial charge in [-0.3, -0.25) is 9.69 Å². The lowest BCUT2D eigenvalue weighted by molar-refractivity contribution is -0.124. The highest BCUT2D eigenvalue weighted by molar-refractivity contribution is 7.91. The number of para-hydroxylation sites is 1. The van der Waals surface area contributed by atoms with E-state index in [1.54, 1.807) is 0 Å². The van der Waals surface area contributed by atoms with Crippen LogP contribution in [0.5, 0.6) is 0 Å². The van der Waals surface area contributed by atoms with E-state index in [9.17, 15) is 13.2 Å². The molecular weight excluding hydrogens is 350 g/mol. The minimum Gasteiger partial charge on any atom is -0.357 e. The molecule has 2 aromatic rings. The van der Waals surface area contributed by atoms with Gasteiger partial charge in [-0.2, -0.15) is 0 Å². The largest absolute Gasteiger partial charge is 0.357 e. The van der Waals surface area contributed by atoms with Crippen molar-refractivity contribution in [2.24, 2.45) is 0 Å². The summed E-state index contributed by atoms with van der Waals surface area (Å²) >= 11 is 0. The Labute approximate surface area is 153 Å². The lowest BCUT2D eigenvalue weighted by Crippen LogP contribution is -2.51. The van der Waals surface area contributed by atoms with Gasteiger partial charge in [0.1, 0.15) is 0 Å². The van der Waals surface area contributed by atoms with E-state index >= 15 is 0 Å². The average Bonchev–Trinajstić information content (AvgIpc) is 3.07. The number of amides is 1. The number of hydrogen-bond acceptors (Lipinski definition) is 4. The van der Waals surface area contributed by atoms with Crippen LogP contribution >= 0.6 is 0 Å². The van der Waals surface area contributed by atoms with Crippen LogP contribution in [0.15, 0.2) is 24.3 Å². The lowest BCUT2D eigenvalue weighted by Gasteiger charge is -2.34. The molecule has 4 rings (SSSR count). The van der Waals surface area contributed by atoms with Gasteiger partial charge in [-0.25, -0.2) is 8.42 Å². The first-order valence-corrected chi connectivity index (χ1v) is 10.9. The van der Waals surface area contributed by atoms with E-state index in [-0.39, 0.29) is 30.0 Å². The predicted molar refractivity (Wildman–Crippen MR) is 102 cm³/mol. The SMILES string of the molecule is C[C@@H]1c2[nH]c3ccccc3c2CCN1CC(=O)N[C@]1(C)CCS(=O)(=O)C1. The number of H-pyrrole nitrogens is 1. The molecule has 2 aliphatic rings. The van der Waals surface area contributed by atoms with E-state index in [1.807, 2.05) is 13.0 Å². The van der Waals surface area contributed by atoms with Crippen molar-refractivity contribution in [3.8, 4) is 0 Å². The van der Waals surface area contributed by atoms with Crippen LogP contribution in [0, 0.1) is 0 Å². The Balaban J connectivity index is 1.47. The molecule has 2 atom stereocenters. The van der Waals surface area contributed by atoms with Crippen LogP contribution in [0.2, 0.25) is 0 Å². The third-order valence-electron chi connectivity index (χ3n) is 5.75. The summed E-state index contributed by atoms with van der Waals surface area (Å²) in [5, 5.41) is 4.23. The van der Waals surface area contributed by atoms with Gasteiger partial charge >= 0.3 is 0 Å². The number of carbonyl (C=O) groups excluding carboxylic acids is 1. The molecule has 0 aliphatic carbocycles. The molecule has 26 heavy (non-hydrogen) atoms. The highest BCUT2D eigenvalue weighted by Gasteiger charge is 2.40. The first-order valence-electron chi connectivity index (χ1n) is 9.11. The molecule has 1 aromatic carbocycles. The van der Waals surface area contributed by atoms with Gasteiger partial charge < -0.3 is 10.3 Å². The van der Waals surface area contributed by atoms with Crippen molar-refractivity contribution in [3.05, 3.63) is 35.5 Å². The number of rotatable bonds is 3. The van der Waals surface area contributed by atoms with Crippen LogP contribution in [-0.4, -0.2) is 54.3 Å². The van der Waals surface area contributed by atoms with Crippen molar-refractivity contribution < 1.29 is 13.2 Å². The molecule has 7 heteroatoms. The summed E-state index contributed by atoms with van der Waals surface area (Å²) in [7, 11) is -3.03. The van der Waals surface area contributed by atoms with Gasteiger partial charge in [0.2, 0.25) is 5.91 Å². The fourth-order valence-corrected chi connectivity index (χ4v) is 6.46. The summed E-state index contributed by atoms with van der Waals surface area (Å²) in [6, 6.07) is 8.42. The molecule has 3 heterocycles. The molecule has 0 bridgehead atoms. The summed E-state index contributed by atoms with van der Waals surface area (Å²) in [5.74, 6) is 0.0893. The highest BCUT2D eigenvalue weighted by atomic mass is 32.2. The maximum atomic E-state index is 12.6. The van der Waals surface area contributed by atoms with Gasteiger partial charge in [-0.15, -0.1) is 0 Å². The summed E-state index contributed by atoms with van der Waals surface area (Å²) in [4.78, 5) is 18.2. The van der Waals surface area contributed by atoms with Crippen molar-refractivity contribution >= 4 is 26.6 Å². The standard InChI is InChI=1S/C19H25N3O3S/c1-13-18-15(14-5-3-4-6-16(14)20-18)7-9-22(13)11-17(23)21-19(2)8-10-26(24,25)12-19/h3-6,13,20H,7-12H2,1-2H3,(H,21,23)/t13-,19-/m1/s1. The third kappa shape index (κ3) is 3.14. The fraction of sp³-hybridized carbons (Fsp3) is 0.526. The second-order valence-corrected chi connectivity index (χ2v) is 10.1. The zero-order valence-electron chi connectivity index (χ0n) is 15.2. The molecule has 0 unspecified atom stereocenters. The number of nitrogens with one attached hydrogen (secondary N) is 2. The molecule has 1 amide bonds. The Morgan fingerprint density at radius 1 is 1.38 bits per heavy atom. The van der Waals surface area contributed by atoms with Crippen LogP contribution in [0.3, 0.4) is 0 Å². The van der Waals surface area contributed by atoms with Crippen LogP contribution < -0.4 is 5.32 Å². The first kappa shape index (κ1) is 17.5. The number of fused-ring (bicyclic) bond motifs is 3. The second kappa shape index (κ2) is 6.09. The van der Waals surface area contributed by atoms with E-state index < -0.39 is 15.4 Å². The van der Waals surface area contributed by atoms with Gasteiger partial charge in [-0.05, 0) is 38.3 Å². The van der Waals surface area contributed by atoms with Crippen LogP contribution in [0.1, 0.15) is 37.6 Å². The van der Waals surface area contributed by atoms with Crippen LogP contribution in [0.4, 0.5) is 0 Å². The van der Waals surface area contributed by atoms with Crippen molar-refractivity contribution in [1.82, 2.24) is 15.2 Å². The normalized spacial score (nSPS) is 28.2. The van der Waals surface area contributed by atoms with Crippen LogP contribution in [0.25, 0.3) is 10.9 Å². The maximum Gasteiger partial charge on any atom is 0.234 e. The molecule has 1 saturated heterocycles. The molecule has 0 saturated carbocycles. The minimum atomic E-state index is -3.03. The van der Waals surface area contributed by atoms with E-state index in [4.69, 9.17) is 0 Å². The molecule has 1 aromatic heterocycles. The fourth-order valence-electron chi connectivity index (χ4n) is 4.36. The van der Waals surface area contributed by atoms with E-state index in [0.29, 0.717) is 6.42 Å². The van der Waals surface area contributed by atoms with Crippen LogP contribution in [-0.2, 0) is 21.1 Å². The topological polar surface area (TPSA) is 82.3 Å². The minimum absolute atomic E-state index is 0.0352. The molecule has 0 radical (unpaired) electrons. The van der Waals surface area contributed by atoms with Crippen molar-refractivity contribution in [2.75, 3.05) is 24.6 Å². The Bertz CT molecular complexity index is 966. The number of aromatic amines is 1. The Kier molecular flexibility index (Phi) is 4.11. The van der Waals surface area contributed by atoms with E-state index in [2.05, 4.69) is 40.3 Å². The highest BCUT2D eigenvalue weighted by Crippen LogP contribution is 2.34. The van der Waals surface area contributed by atoms with Crippen molar-refractivity contribution in [2.45, 2.75) is 38.3 Å². The Morgan fingerprint density at radius 3 is 2.88 bits per heavy atom. The van der Waals surface area contributed by atoms with Crippen molar-refractivity contribution in [3.63, 3.8) is 0 Å². The van der Waals surface area contributed by atoms with Gasteiger partial charge in [0.15, 0.2) is 9.84 Å². The second-order valence-electron chi connectivity index (χ2n) is 7.91. The summed E-state index contributed by atoms with van der Waals surface area (Å²) in [5.41, 5.74) is 3.03. The number of carbonyl (C=O) groups is 1. The predicted octanol–water partition coefficient (Wildman–Crippen LogP) is 1.78. The number of sulfone groups is 1. The molecule has 1 fully saturated rings. The summed E-state index contributed by atoms with van der Waals surface area (Å²) in [6.45, 7) is 5.04.